The van der Waals surface area contributed by atoms with Gasteiger partial charge in [-0.1, -0.05) is 133 Å². The van der Waals surface area contributed by atoms with Crippen LogP contribution in [0.3, 0.4) is 0 Å². The molecular formula is C52H34N4O. The number of fused-ring (bicyclic) bond motifs is 9. The fraction of sp³-hybridized carbons (Fsp3) is 0.0385. The van der Waals surface area contributed by atoms with Gasteiger partial charge in [0.1, 0.15) is 16.8 Å². The van der Waals surface area contributed by atoms with Gasteiger partial charge in [-0.05, 0) is 77.4 Å². The Balaban J connectivity index is 1.03. The molecule has 2 aliphatic rings. The average Bonchev–Trinajstić information content (AvgIpc) is 3.94. The minimum atomic E-state index is 0.0783. The van der Waals surface area contributed by atoms with Gasteiger partial charge in [-0.15, -0.1) is 0 Å². The molecule has 0 amide bonds. The second-order valence-corrected chi connectivity index (χ2v) is 14.9. The molecule has 5 nitrogen and oxygen atoms in total. The molecular weight excluding hydrogens is 697 g/mol. The SMILES string of the molecule is C1=CC2C(C(c3cccc(-c4nc(-c5ccccc5)c5oc6ccccc6c5n4)c3)=C1)c1cc(-n3c4ccccc4c4ccccc43)ccc1N2c1ccccc1. The van der Waals surface area contributed by atoms with E-state index in [-0.39, 0.29) is 12.0 Å². The van der Waals surface area contributed by atoms with Crippen molar-refractivity contribution in [1.29, 1.82) is 0 Å². The summed E-state index contributed by atoms with van der Waals surface area (Å²) in [4.78, 5) is 12.9. The molecule has 0 spiro atoms. The van der Waals surface area contributed by atoms with E-state index in [1.54, 1.807) is 0 Å². The monoisotopic (exact) mass is 730 g/mol. The highest BCUT2D eigenvalue weighted by Crippen LogP contribution is 2.53. The second-order valence-electron chi connectivity index (χ2n) is 14.9. The number of para-hydroxylation sites is 4. The fourth-order valence-electron chi connectivity index (χ4n) is 9.29. The Morgan fingerprint density at radius 2 is 1.19 bits per heavy atom. The standard InChI is InChI=1S/C52H34N4O/c1-3-15-33(16-4-1)49-51-50(41-23-9-12-28-47(41)57-51)54-52(53-49)35-18-13-17-34(31-35)38-24-14-27-46-48(38)42-32-37(29-30-45(42)55(46)36-19-5-2-6-20-36)56-43-25-10-7-21-39(43)40-22-8-11-26-44(40)56/h1-32,46,48H. The van der Waals surface area contributed by atoms with Crippen LogP contribution in [0.1, 0.15) is 17.0 Å². The summed E-state index contributed by atoms with van der Waals surface area (Å²) in [7, 11) is 0. The third-order valence-corrected chi connectivity index (χ3v) is 11.8. The van der Waals surface area contributed by atoms with Crippen LogP contribution < -0.4 is 4.90 Å². The van der Waals surface area contributed by atoms with Crippen molar-refractivity contribution in [2.24, 2.45) is 0 Å². The Kier molecular flexibility index (Phi) is 6.99. The summed E-state index contributed by atoms with van der Waals surface area (Å²) in [6.07, 6.45) is 6.89. The number of nitrogens with zero attached hydrogens (tertiary/aromatic N) is 4. The molecule has 57 heavy (non-hydrogen) atoms. The highest BCUT2D eigenvalue weighted by molar-refractivity contribution is 6.09. The summed E-state index contributed by atoms with van der Waals surface area (Å²) in [6.45, 7) is 0. The van der Waals surface area contributed by atoms with Crippen molar-refractivity contribution in [1.82, 2.24) is 14.5 Å². The topological polar surface area (TPSA) is 47.1 Å². The van der Waals surface area contributed by atoms with Gasteiger partial charge in [-0.2, -0.15) is 0 Å². The summed E-state index contributed by atoms with van der Waals surface area (Å²) in [5, 5.41) is 3.50. The van der Waals surface area contributed by atoms with Crippen molar-refractivity contribution in [2.45, 2.75) is 12.0 Å². The van der Waals surface area contributed by atoms with Crippen LogP contribution in [-0.2, 0) is 0 Å². The van der Waals surface area contributed by atoms with Crippen LogP contribution in [-0.4, -0.2) is 20.6 Å². The summed E-state index contributed by atoms with van der Waals surface area (Å²) >= 11 is 0. The molecule has 0 saturated heterocycles. The van der Waals surface area contributed by atoms with Crippen LogP contribution >= 0.6 is 0 Å². The highest BCUT2D eigenvalue weighted by Gasteiger charge is 2.41. The lowest BCUT2D eigenvalue weighted by molar-refractivity contribution is 0.667. The van der Waals surface area contributed by atoms with Crippen molar-refractivity contribution in [3.63, 3.8) is 0 Å². The number of hydrogen-bond acceptors (Lipinski definition) is 4. The predicted octanol–water partition coefficient (Wildman–Crippen LogP) is 13.1. The highest BCUT2D eigenvalue weighted by atomic mass is 16.3. The summed E-state index contributed by atoms with van der Waals surface area (Å²) in [5.74, 6) is 0.749. The minimum absolute atomic E-state index is 0.0783. The van der Waals surface area contributed by atoms with E-state index in [1.807, 2.05) is 36.4 Å². The maximum absolute atomic E-state index is 6.41. The zero-order chi connectivity index (χ0) is 37.5. The predicted molar refractivity (Wildman–Crippen MR) is 233 cm³/mol. The van der Waals surface area contributed by atoms with E-state index in [9.17, 15) is 0 Å². The van der Waals surface area contributed by atoms with Crippen molar-refractivity contribution >= 4 is 60.8 Å². The molecule has 0 N–H and O–H groups in total. The van der Waals surface area contributed by atoms with Crippen LogP contribution in [0, 0.1) is 0 Å². The Bertz CT molecular complexity index is 3210. The van der Waals surface area contributed by atoms with Crippen LogP contribution in [0.4, 0.5) is 11.4 Å². The number of benzene rings is 7. The Labute approximate surface area is 329 Å². The van der Waals surface area contributed by atoms with E-state index in [0.717, 1.165) is 44.6 Å². The molecule has 0 bridgehead atoms. The maximum Gasteiger partial charge on any atom is 0.180 e. The van der Waals surface area contributed by atoms with E-state index in [2.05, 4.69) is 167 Å². The summed E-state index contributed by atoms with van der Waals surface area (Å²) in [5.41, 5.74) is 14.8. The molecule has 5 heteroatoms. The van der Waals surface area contributed by atoms with Crippen LogP contribution in [0.25, 0.3) is 77.8 Å². The normalized spacial score (nSPS) is 16.1. The van der Waals surface area contributed by atoms with Crippen molar-refractivity contribution in [2.75, 3.05) is 4.90 Å². The molecule has 1 aliphatic carbocycles. The number of furan rings is 1. The quantitative estimate of drug-likeness (QED) is 0.177. The lowest BCUT2D eigenvalue weighted by Gasteiger charge is -2.31. The lowest BCUT2D eigenvalue weighted by Crippen LogP contribution is -2.29. The maximum atomic E-state index is 6.41. The second kappa shape index (κ2) is 12.5. The Hall–Kier alpha value is -7.50. The summed E-state index contributed by atoms with van der Waals surface area (Å²) < 4.78 is 8.83. The van der Waals surface area contributed by atoms with E-state index in [4.69, 9.17) is 14.4 Å². The zero-order valence-electron chi connectivity index (χ0n) is 30.8. The smallest absolute Gasteiger partial charge is 0.180 e. The number of aromatic nitrogens is 3. The molecule has 12 rings (SSSR count). The first kappa shape index (κ1) is 31.8. The molecule has 268 valence electrons. The van der Waals surface area contributed by atoms with Crippen molar-refractivity contribution < 1.29 is 4.42 Å². The van der Waals surface area contributed by atoms with Gasteiger partial charge in [-0.25, -0.2) is 9.97 Å². The first-order valence-corrected chi connectivity index (χ1v) is 19.5. The van der Waals surface area contributed by atoms with Crippen LogP contribution in [0.5, 0.6) is 0 Å². The minimum Gasteiger partial charge on any atom is -0.452 e. The molecule has 0 saturated carbocycles. The molecule has 0 fully saturated rings. The molecule has 7 aromatic carbocycles. The van der Waals surface area contributed by atoms with Crippen molar-refractivity contribution in [3.05, 3.63) is 205 Å². The fourth-order valence-corrected chi connectivity index (χ4v) is 9.29. The molecule has 1 aliphatic heterocycles. The van der Waals surface area contributed by atoms with Gasteiger partial charge in [-0.3, -0.25) is 0 Å². The Morgan fingerprint density at radius 1 is 0.526 bits per heavy atom. The first-order chi connectivity index (χ1) is 28.3. The van der Waals surface area contributed by atoms with Gasteiger partial charge >= 0.3 is 0 Å². The number of allylic oxidation sites excluding steroid dienone is 2. The number of rotatable bonds is 5. The molecule has 3 aromatic heterocycles. The first-order valence-electron chi connectivity index (χ1n) is 19.5. The number of anilines is 2. The van der Waals surface area contributed by atoms with Crippen LogP contribution in [0.2, 0.25) is 0 Å². The third kappa shape index (κ3) is 4.89. The molecule has 4 heterocycles. The van der Waals surface area contributed by atoms with E-state index >= 15 is 0 Å². The number of hydrogen-bond donors (Lipinski definition) is 0. The Morgan fingerprint density at radius 3 is 1.98 bits per heavy atom. The van der Waals surface area contributed by atoms with Crippen molar-refractivity contribution in [3.8, 4) is 28.3 Å². The van der Waals surface area contributed by atoms with Gasteiger partial charge in [0.2, 0.25) is 0 Å². The lowest BCUT2D eigenvalue weighted by atomic mass is 9.80. The molecule has 10 aromatic rings. The van der Waals surface area contributed by atoms with E-state index in [0.29, 0.717) is 11.4 Å². The van der Waals surface area contributed by atoms with Gasteiger partial charge in [0, 0.05) is 50.3 Å². The third-order valence-electron chi connectivity index (χ3n) is 11.8. The largest absolute Gasteiger partial charge is 0.452 e. The zero-order valence-corrected chi connectivity index (χ0v) is 30.8. The van der Waals surface area contributed by atoms with Crippen LogP contribution in [0.15, 0.2) is 199 Å². The summed E-state index contributed by atoms with van der Waals surface area (Å²) in [6, 6.07) is 62.5. The van der Waals surface area contributed by atoms with Gasteiger partial charge in [0.15, 0.2) is 11.4 Å². The van der Waals surface area contributed by atoms with Gasteiger partial charge in [0.05, 0.1) is 17.1 Å². The molecule has 2 atom stereocenters. The molecule has 0 radical (unpaired) electrons. The van der Waals surface area contributed by atoms with E-state index < -0.39 is 0 Å². The van der Waals surface area contributed by atoms with Gasteiger partial charge < -0.3 is 13.9 Å². The van der Waals surface area contributed by atoms with E-state index in [1.165, 1.54) is 44.3 Å². The molecule has 2 unspecified atom stereocenters. The van der Waals surface area contributed by atoms with Gasteiger partial charge in [0.25, 0.3) is 0 Å². The average molecular weight is 731 g/mol.